The van der Waals surface area contributed by atoms with Crippen molar-refractivity contribution in [1.29, 1.82) is 0 Å². The van der Waals surface area contributed by atoms with Gasteiger partial charge in [0.1, 0.15) is 17.0 Å². The predicted octanol–water partition coefficient (Wildman–Crippen LogP) is 5.06. The fraction of sp³-hybridized carbons (Fsp3) is 0.176. The van der Waals surface area contributed by atoms with E-state index in [2.05, 4.69) is 15.3 Å². The number of fused-ring (bicyclic) bond motifs is 2. The van der Waals surface area contributed by atoms with Gasteiger partial charge in [0.15, 0.2) is 10.3 Å². The molecule has 2 aromatic carbocycles. The second-order valence-electron chi connectivity index (χ2n) is 5.03. The highest BCUT2D eigenvalue weighted by Gasteiger charge is 2.11. The van der Waals surface area contributed by atoms with Gasteiger partial charge in [0.2, 0.25) is 0 Å². The fourth-order valence-electron chi connectivity index (χ4n) is 2.43. The smallest absolute Gasteiger partial charge is 0.190 e. The number of rotatable bonds is 5. The van der Waals surface area contributed by atoms with Gasteiger partial charge in [0.05, 0.1) is 28.6 Å². The third kappa shape index (κ3) is 2.76. The van der Waals surface area contributed by atoms with Gasteiger partial charge in [-0.15, -0.1) is 0 Å². The van der Waals surface area contributed by atoms with E-state index < -0.39 is 0 Å². The zero-order valence-electron chi connectivity index (χ0n) is 13.2. The molecule has 24 heavy (non-hydrogen) atoms. The summed E-state index contributed by atoms with van der Waals surface area (Å²) in [6.07, 6.45) is 0. The standard InChI is InChI=1S/C17H15N3O2S2/c1-3-22-12-5-4-6-13-15(12)19-17(23-13)20-16-18-11-8-7-10(21-2)9-14(11)24-16/h4-9H,3H2,1-2H3,(H,18,19,20). The van der Waals surface area contributed by atoms with Crippen LogP contribution < -0.4 is 14.8 Å². The van der Waals surface area contributed by atoms with Gasteiger partial charge in [-0.2, -0.15) is 0 Å². The molecule has 2 aromatic heterocycles. The number of benzene rings is 2. The lowest BCUT2D eigenvalue weighted by Gasteiger charge is -2.01. The molecule has 7 heteroatoms. The summed E-state index contributed by atoms with van der Waals surface area (Å²) in [4.78, 5) is 9.25. The molecule has 122 valence electrons. The van der Waals surface area contributed by atoms with E-state index in [1.807, 2.05) is 43.3 Å². The highest BCUT2D eigenvalue weighted by Crippen LogP contribution is 2.36. The Kier molecular flexibility index (Phi) is 3.95. The maximum Gasteiger partial charge on any atom is 0.190 e. The van der Waals surface area contributed by atoms with Crippen LogP contribution in [0.5, 0.6) is 11.5 Å². The number of para-hydroxylation sites is 1. The molecular formula is C17H15N3O2S2. The van der Waals surface area contributed by atoms with Crippen molar-refractivity contribution in [1.82, 2.24) is 9.97 Å². The SMILES string of the molecule is CCOc1cccc2sc(Nc3nc4ccc(OC)cc4s3)nc12. The van der Waals surface area contributed by atoms with Crippen LogP contribution in [0.4, 0.5) is 10.3 Å². The Balaban J connectivity index is 1.67. The van der Waals surface area contributed by atoms with Crippen LogP contribution in [0.15, 0.2) is 36.4 Å². The van der Waals surface area contributed by atoms with Crippen molar-refractivity contribution in [2.75, 3.05) is 19.0 Å². The van der Waals surface area contributed by atoms with Crippen LogP contribution in [0, 0.1) is 0 Å². The van der Waals surface area contributed by atoms with Crippen molar-refractivity contribution in [3.05, 3.63) is 36.4 Å². The zero-order chi connectivity index (χ0) is 16.5. The van der Waals surface area contributed by atoms with Crippen LogP contribution in [-0.2, 0) is 0 Å². The Morgan fingerprint density at radius 1 is 1.04 bits per heavy atom. The van der Waals surface area contributed by atoms with Crippen LogP contribution >= 0.6 is 22.7 Å². The molecule has 0 bridgehead atoms. The number of nitrogens with zero attached hydrogens (tertiary/aromatic N) is 2. The molecule has 0 spiro atoms. The Morgan fingerprint density at radius 3 is 2.71 bits per heavy atom. The Labute approximate surface area is 146 Å². The molecule has 0 aliphatic carbocycles. The first kappa shape index (κ1) is 15.2. The van der Waals surface area contributed by atoms with Gasteiger partial charge in [0.25, 0.3) is 0 Å². The van der Waals surface area contributed by atoms with Crippen molar-refractivity contribution in [2.24, 2.45) is 0 Å². The molecule has 0 unspecified atom stereocenters. The normalized spacial score (nSPS) is 11.1. The molecule has 0 aliphatic rings. The number of hydrogen-bond donors (Lipinski definition) is 1. The molecular weight excluding hydrogens is 342 g/mol. The van der Waals surface area contributed by atoms with E-state index in [0.717, 1.165) is 42.2 Å². The van der Waals surface area contributed by atoms with E-state index in [1.165, 1.54) is 0 Å². The van der Waals surface area contributed by atoms with Gasteiger partial charge in [0, 0.05) is 0 Å². The summed E-state index contributed by atoms with van der Waals surface area (Å²) in [5.41, 5.74) is 1.83. The van der Waals surface area contributed by atoms with E-state index in [9.17, 15) is 0 Å². The summed E-state index contributed by atoms with van der Waals surface area (Å²) < 4.78 is 13.1. The van der Waals surface area contributed by atoms with Gasteiger partial charge < -0.3 is 14.8 Å². The lowest BCUT2D eigenvalue weighted by atomic mass is 10.3. The molecule has 1 N–H and O–H groups in total. The number of hydrogen-bond acceptors (Lipinski definition) is 7. The minimum atomic E-state index is 0.624. The van der Waals surface area contributed by atoms with E-state index >= 15 is 0 Å². The molecule has 0 radical (unpaired) electrons. The van der Waals surface area contributed by atoms with E-state index in [1.54, 1.807) is 29.8 Å². The average molecular weight is 357 g/mol. The molecule has 0 atom stereocenters. The number of nitrogens with one attached hydrogen (secondary N) is 1. The summed E-state index contributed by atoms with van der Waals surface area (Å²) in [6.45, 7) is 2.60. The van der Waals surface area contributed by atoms with Gasteiger partial charge in [-0.05, 0) is 37.3 Å². The highest BCUT2D eigenvalue weighted by molar-refractivity contribution is 7.24. The minimum Gasteiger partial charge on any atom is -0.497 e. The molecule has 0 aliphatic heterocycles. The second kappa shape index (κ2) is 6.26. The van der Waals surface area contributed by atoms with Crippen LogP contribution in [0.3, 0.4) is 0 Å². The number of methoxy groups -OCH3 is 1. The van der Waals surface area contributed by atoms with Crippen LogP contribution in [0.1, 0.15) is 6.92 Å². The molecule has 5 nitrogen and oxygen atoms in total. The van der Waals surface area contributed by atoms with E-state index in [0.29, 0.717) is 6.61 Å². The second-order valence-corrected chi connectivity index (χ2v) is 7.09. The zero-order valence-corrected chi connectivity index (χ0v) is 14.8. The summed E-state index contributed by atoms with van der Waals surface area (Å²) in [5, 5.41) is 4.93. The largest absolute Gasteiger partial charge is 0.497 e. The van der Waals surface area contributed by atoms with Crippen molar-refractivity contribution in [3.63, 3.8) is 0 Å². The Bertz CT molecular complexity index is 1010. The topological polar surface area (TPSA) is 56.3 Å². The fourth-order valence-corrected chi connectivity index (χ4v) is 4.27. The first-order valence-corrected chi connectivity index (χ1v) is 9.14. The molecule has 0 fully saturated rings. The van der Waals surface area contributed by atoms with Crippen molar-refractivity contribution >= 4 is 53.4 Å². The van der Waals surface area contributed by atoms with Gasteiger partial charge in [-0.3, -0.25) is 0 Å². The molecule has 0 saturated carbocycles. The first-order valence-electron chi connectivity index (χ1n) is 7.51. The lowest BCUT2D eigenvalue weighted by Crippen LogP contribution is -1.92. The monoisotopic (exact) mass is 357 g/mol. The maximum absolute atomic E-state index is 5.65. The number of aromatic nitrogens is 2. The maximum atomic E-state index is 5.65. The third-order valence-corrected chi connectivity index (χ3v) is 5.36. The summed E-state index contributed by atoms with van der Waals surface area (Å²) >= 11 is 3.17. The van der Waals surface area contributed by atoms with Crippen LogP contribution in [0.25, 0.3) is 20.4 Å². The Hall–Kier alpha value is -2.38. The lowest BCUT2D eigenvalue weighted by molar-refractivity contribution is 0.344. The first-order chi connectivity index (χ1) is 11.8. The summed E-state index contributed by atoms with van der Waals surface area (Å²) in [7, 11) is 1.67. The summed E-state index contributed by atoms with van der Waals surface area (Å²) in [6, 6.07) is 11.8. The van der Waals surface area contributed by atoms with Gasteiger partial charge in [-0.25, -0.2) is 9.97 Å². The average Bonchev–Trinajstić information content (AvgIpc) is 3.17. The molecule has 4 aromatic rings. The van der Waals surface area contributed by atoms with Crippen molar-refractivity contribution < 1.29 is 9.47 Å². The quantitative estimate of drug-likeness (QED) is 0.541. The molecule has 0 amide bonds. The summed E-state index contributed by atoms with van der Waals surface area (Å²) in [5.74, 6) is 1.65. The van der Waals surface area contributed by atoms with Crippen LogP contribution in [-0.4, -0.2) is 23.7 Å². The molecule has 4 rings (SSSR count). The number of thiazole rings is 2. The number of ether oxygens (including phenoxy) is 2. The van der Waals surface area contributed by atoms with Crippen molar-refractivity contribution in [2.45, 2.75) is 6.92 Å². The van der Waals surface area contributed by atoms with E-state index in [-0.39, 0.29) is 0 Å². The Morgan fingerprint density at radius 2 is 1.88 bits per heavy atom. The minimum absolute atomic E-state index is 0.624. The van der Waals surface area contributed by atoms with E-state index in [4.69, 9.17) is 9.47 Å². The number of anilines is 2. The predicted molar refractivity (Wildman–Crippen MR) is 100 cm³/mol. The molecule has 0 saturated heterocycles. The molecule has 2 heterocycles. The van der Waals surface area contributed by atoms with Crippen LogP contribution in [0.2, 0.25) is 0 Å². The highest BCUT2D eigenvalue weighted by atomic mass is 32.1. The third-order valence-electron chi connectivity index (χ3n) is 3.49. The van der Waals surface area contributed by atoms with Gasteiger partial charge in [-0.1, -0.05) is 28.7 Å². The van der Waals surface area contributed by atoms with Gasteiger partial charge >= 0.3 is 0 Å². The van der Waals surface area contributed by atoms with Crippen molar-refractivity contribution in [3.8, 4) is 11.5 Å².